The van der Waals surface area contributed by atoms with Crippen LogP contribution in [0.3, 0.4) is 0 Å². The smallest absolute Gasteiger partial charge is 0.243 e. The van der Waals surface area contributed by atoms with Crippen molar-refractivity contribution in [3.8, 4) is 0 Å². The van der Waals surface area contributed by atoms with Crippen LogP contribution in [0, 0.1) is 18.8 Å². The highest BCUT2D eigenvalue weighted by molar-refractivity contribution is 7.89. The Kier molecular flexibility index (Phi) is 4.98. The molecule has 1 aromatic rings. The van der Waals surface area contributed by atoms with Gasteiger partial charge in [0.2, 0.25) is 10.0 Å². The van der Waals surface area contributed by atoms with Crippen LogP contribution in [0.15, 0.2) is 17.0 Å². The van der Waals surface area contributed by atoms with Gasteiger partial charge in [0, 0.05) is 24.7 Å². The fourth-order valence-corrected chi connectivity index (χ4v) is 4.95. The molecule has 1 aliphatic rings. The number of rotatable bonds is 4. The Labute approximate surface area is 132 Å². The molecule has 0 saturated carbocycles. The SMILES string of the molecule is Cc1c(CN)cc(Cl)cc1S(=O)(=O)N1CCC(C(C)C)C1. The van der Waals surface area contributed by atoms with E-state index in [1.807, 2.05) is 0 Å². The highest BCUT2D eigenvalue weighted by Gasteiger charge is 2.34. The molecule has 6 heteroatoms. The Morgan fingerprint density at radius 3 is 2.62 bits per heavy atom. The van der Waals surface area contributed by atoms with Gasteiger partial charge in [0.05, 0.1) is 4.90 Å². The van der Waals surface area contributed by atoms with Crippen molar-refractivity contribution in [2.24, 2.45) is 17.6 Å². The topological polar surface area (TPSA) is 63.4 Å². The van der Waals surface area contributed by atoms with Crippen LogP contribution in [0.1, 0.15) is 31.4 Å². The first-order valence-electron chi connectivity index (χ1n) is 7.26. The number of sulfonamides is 1. The van der Waals surface area contributed by atoms with Crippen LogP contribution in [-0.2, 0) is 16.6 Å². The molecule has 0 aromatic heterocycles. The standard InChI is InChI=1S/C15H23ClN2O2S/c1-10(2)12-4-5-18(9-12)21(19,20)15-7-14(16)6-13(8-17)11(15)3/h6-7,10,12H,4-5,8-9,17H2,1-3H3. The predicted molar refractivity (Wildman–Crippen MR) is 85.8 cm³/mol. The molecule has 1 aromatic carbocycles. The van der Waals surface area contributed by atoms with E-state index in [2.05, 4.69) is 13.8 Å². The minimum absolute atomic E-state index is 0.281. The number of benzene rings is 1. The van der Waals surface area contributed by atoms with E-state index < -0.39 is 10.0 Å². The molecule has 1 fully saturated rings. The molecule has 1 aliphatic heterocycles. The van der Waals surface area contributed by atoms with Crippen LogP contribution in [0.2, 0.25) is 5.02 Å². The van der Waals surface area contributed by atoms with E-state index >= 15 is 0 Å². The van der Waals surface area contributed by atoms with Gasteiger partial charge in [0.25, 0.3) is 0 Å². The first kappa shape index (κ1) is 16.7. The molecule has 1 saturated heterocycles. The summed E-state index contributed by atoms with van der Waals surface area (Å²) in [6, 6.07) is 3.27. The second-order valence-electron chi connectivity index (χ2n) is 6.05. The van der Waals surface area contributed by atoms with Crippen LogP contribution in [-0.4, -0.2) is 25.8 Å². The summed E-state index contributed by atoms with van der Waals surface area (Å²) < 4.78 is 27.3. The van der Waals surface area contributed by atoms with E-state index in [1.54, 1.807) is 17.3 Å². The van der Waals surface area contributed by atoms with Gasteiger partial charge in [-0.05, 0) is 48.4 Å². The number of halogens is 1. The zero-order chi connectivity index (χ0) is 15.8. The molecule has 1 heterocycles. The van der Waals surface area contributed by atoms with E-state index in [4.69, 9.17) is 17.3 Å². The van der Waals surface area contributed by atoms with Gasteiger partial charge in [0.15, 0.2) is 0 Å². The Bertz CT molecular complexity index is 629. The maximum absolute atomic E-state index is 12.9. The molecule has 0 bridgehead atoms. The Hall–Kier alpha value is -0.620. The number of hydrogen-bond acceptors (Lipinski definition) is 3. The fraction of sp³-hybridized carbons (Fsp3) is 0.600. The van der Waals surface area contributed by atoms with Crippen molar-refractivity contribution in [3.05, 3.63) is 28.3 Å². The molecule has 1 atom stereocenters. The lowest BCUT2D eigenvalue weighted by Crippen LogP contribution is -2.30. The third-order valence-electron chi connectivity index (χ3n) is 4.40. The van der Waals surface area contributed by atoms with Gasteiger partial charge in [-0.1, -0.05) is 25.4 Å². The first-order valence-corrected chi connectivity index (χ1v) is 9.08. The van der Waals surface area contributed by atoms with Crippen molar-refractivity contribution < 1.29 is 8.42 Å². The van der Waals surface area contributed by atoms with Gasteiger partial charge in [-0.25, -0.2) is 8.42 Å². The normalized spacial score (nSPS) is 20.4. The van der Waals surface area contributed by atoms with Crippen molar-refractivity contribution in [1.82, 2.24) is 4.31 Å². The van der Waals surface area contributed by atoms with Crippen LogP contribution in [0.4, 0.5) is 0 Å². The first-order chi connectivity index (χ1) is 9.77. The van der Waals surface area contributed by atoms with Gasteiger partial charge in [-0.3, -0.25) is 0 Å². The molecule has 4 nitrogen and oxygen atoms in total. The Morgan fingerprint density at radius 1 is 1.43 bits per heavy atom. The molecule has 2 rings (SSSR count). The zero-order valence-electron chi connectivity index (χ0n) is 12.8. The molecule has 21 heavy (non-hydrogen) atoms. The average molecular weight is 331 g/mol. The van der Waals surface area contributed by atoms with Crippen LogP contribution in [0.5, 0.6) is 0 Å². The van der Waals surface area contributed by atoms with Crippen LogP contribution >= 0.6 is 11.6 Å². The monoisotopic (exact) mass is 330 g/mol. The minimum atomic E-state index is -3.50. The highest BCUT2D eigenvalue weighted by atomic mass is 35.5. The lowest BCUT2D eigenvalue weighted by molar-refractivity contribution is 0.388. The summed E-state index contributed by atoms with van der Waals surface area (Å²) in [5.41, 5.74) is 7.16. The summed E-state index contributed by atoms with van der Waals surface area (Å²) in [5.74, 6) is 0.915. The van der Waals surface area contributed by atoms with E-state index in [-0.39, 0.29) is 6.54 Å². The lowest BCUT2D eigenvalue weighted by Gasteiger charge is -2.20. The number of nitrogens with two attached hydrogens (primary N) is 1. The molecule has 0 spiro atoms. The number of nitrogens with zero attached hydrogens (tertiary/aromatic N) is 1. The fourth-order valence-electron chi connectivity index (χ4n) is 2.84. The van der Waals surface area contributed by atoms with Crippen molar-refractivity contribution >= 4 is 21.6 Å². The maximum Gasteiger partial charge on any atom is 0.243 e. The minimum Gasteiger partial charge on any atom is -0.326 e. The van der Waals surface area contributed by atoms with E-state index in [1.165, 1.54) is 6.07 Å². The third kappa shape index (κ3) is 3.26. The van der Waals surface area contributed by atoms with E-state index in [0.29, 0.717) is 40.4 Å². The number of hydrogen-bond donors (Lipinski definition) is 1. The van der Waals surface area contributed by atoms with Gasteiger partial charge in [-0.15, -0.1) is 0 Å². The van der Waals surface area contributed by atoms with Crippen molar-refractivity contribution in [2.75, 3.05) is 13.1 Å². The molecular weight excluding hydrogens is 308 g/mol. The van der Waals surface area contributed by atoms with Gasteiger partial charge >= 0.3 is 0 Å². The zero-order valence-corrected chi connectivity index (χ0v) is 14.3. The lowest BCUT2D eigenvalue weighted by atomic mass is 9.96. The van der Waals surface area contributed by atoms with Gasteiger partial charge < -0.3 is 5.73 Å². The Morgan fingerprint density at radius 2 is 2.10 bits per heavy atom. The highest BCUT2D eigenvalue weighted by Crippen LogP contribution is 2.32. The molecule has 0 amide bonds. The molecular formula is C15H23ClN2O2S. The third-order valence-corrected chi connectivity index (χ3v) is 6.61. The average Bonchev–Trinajstić information content (AvgIpc) is 2.91. The summed E-state index contributed by atoms with van der Waals surface area (Å²) in [7, 11) is -3.50. The quantitative estimate of drug-likeness (QED) is 0.923. The molecule has 0 radical (unpaired) electrons. The summed E-state index contributed by atoms with van der Waals surface area (Å²) in [6.07, 6.45) is 0.917. The van der Waals surface area contributed by atoms with Crippen molar-refractivity contribution in [3.63, 3.8) is 0 Å². The second kappa shape index (κ2) is 6.24. The summed E-state index contributed by atoms with van der Waals surface area (Å²) in [6.45, 7) is 7.51. The van der Waals surface area contributed by atoms with Crippen molar-refractivity contribution in [1.29, 1.82) is 0 Å². The van der Waals surface area contributed by atoms with Gasteiger partial charge in [-0.2, -0.15) is 4.31 Å². The molecule has 1 unspecified atom stereocenters. The van der Waals surface area contributed by atoms with Crippen LogP contribution in [0.25, 0.3) is 0 Å². The molecule has 2 N–H and O–H groups in total. The van der Waals surface area contributed by atoms with E-state index in [9.17, 15) is 8.42 Å². The second-order valence-corrected chi connectivity index (χ2v) is 8.39. The molecule has 0 aliphatic carbocycles. The predicted octanol–water partition coefficient (Wildman–Crippen LogP) is 2.77. The summed E-state index contributed by atoms with van der Waals surface area (Å²) in [4.78, 5) is 0.292. The maximum atomic E-state index is 12.9. The largest absolute Gasteiger partial charge is 0.326 e. The molecule has 118 valence electrons. The van der Waals surface area contributed by atoms with Crippen molar-refractivity contribution in [2.45, 2.75) is 38.6 Å². The Balaban J connectivity index is 2.39. The van der Waals surface area contributed by atoms with Crippen LogP contribution < -0.4 is 5.73 Å². The van der Waals surface area contributed by atoms with Gasteiger partial charge in [0.1, 0.15) is 0 Å². The summed E-state index contributed by atoms with van der Waals surface area (Å²) >= 11 is 6.05. The summed E-state index contributed by atoms with van der Waals surface area (Å²) in [5, 5.41) is 0.416. The van der Waals surface area contributed by atoms with E-state index in [0.717, 1.165) is 12.0 Å².